The molecule has 1 heterocycles. The number of rotatable bonds is 3. The van der Waals surface area contributed by atoms with Gasteiger partial charge in [-0.3, -0.25) is 4.68 Å². The van der Waals surface area contributed by atoms with Crippen LogP contribution in [0.15, 0.2) is 12.1 Å². The minimum atomic E-state index is -0.573. The fourth-order valence-corrected chi connectivity index (χ4v) is 2.39. The molecule has 0 aliphatic rings. The Hall–Kier alpha value is -2.08. The number of halogens is 2. The van der Waals surface area contributed by atoms with Gasteiger partial charge in [-0.15, -0.1) is 0 Å². The molecule has 1 aromatic heterocycles. The summed E-state index contributed by atoms with van der Waals surface area (Å²) in [7, 11) is 4.33. The molecule has 0 aliphatic carbocycles. The van der Waals surface area contributed by atoms with E-state index in [9.17, 15) is 9.18 Å². The first kappa shape index (κ1) is 15.3. The van der Waals surface area contributed by atoms with Gasteiger partial charge in [-0.25, -0.2) is 9.18 Å². The van der Waals surface area contributed by atoms with Crippen LogP contribution in [-0.4, -0.2) is 30.0 Å². The summed E-state index contributed by atoms with van der Waals surface area (Å²) in [5.74, 6) is -0.757. The summed E-state index contributed by atoms with van der Waals surface area (Å²) < 4.78 is 25.4. The molecule has 0 unspecified atom stereocenters. The molecule has 0 atom stereocenters. The fraction of sp³-hybridized carbons (Fsp3) is 0.286. The first-order valence-electron chi connectivity index (χ1n) is 6.06. The zero-order chi connectivity index (χ0) is 15.7. The zero-order valence-corrected chi connectivity index (χ0v) is 12.8. The van der Waals surface area contributed by atoms with Crippen LogP contribution >= 0.6 is 11.6 Å². The molecule has 5 nitrogen and oxygen atoms in total. The number of hydrogen-bond donors (Lipinski definition) is 0. The molecule has 2 rings (SSSR count). The summed E-state index contributed by atoms with van der Waals surface area (Å²) in [4.78, 5) is 11.7. The van der Waals surface area contributed by atoms with Gasteiger partial charge in [0, 0.05) is 18.2 Å². The lowest BCUT2D eigenvalue weighted by atomic mass is 10.1. The molecule has 0 spiro atoms. The van der Waals surface area contributed by atoms with Gasteiger partial charge in [-0.05, 0) is 19.1 Å². The summed E-state index contributed by atoms with van der Waals surface area (Å²) in [5.41, 5.74) is 1.37. The van der Waals surface area contributed by atoms with Gasteiger partial charge in [0.05, 0.1) is 24.9 Å². The minimum absolute atomic E-state index is 0.142. The molecule has 0 bridgehead atoms. The van der Waals surface area contributed by atoms with Crippen molar-refractivity contribution in [3.63, 3.8) is 0 Å². The SMILES string of the molecule is COC(=O)c1nn(C)c(-c2cc(OC)c(Cl)cc2F)c1C. The van der Waals surface area contributed by atoms with Crippen molar-refractivity contribution >= 4 is 17.6 Å². The molecule has 1 aromatic carbocycles. The number of methoxy groups -OCH3 is 2. The number of ether oxygens (including phenoxy) is 2. The first-order chi connectivity index (χ1) is 9.90. The number of aryl methyl sites for hydroxylation is 1. The van der Waals surface area contributed by atoms with Crippen molar-refractivity contribution in [1.82, 2.24) is 9.78 Å². The van der Waals surface area contributed by atoms with E-state index in [4.69, 9.17) is 16.3 Å². The lowest BCUT2D eigenvalue weighted by Crippen LogP contribution is -2.04. The van der Waals surface area contributed by atoms with Crippen LogP contribution in [0.3, 0.4) is 0 Å². The van der Waals surface area contributed by atoms with Gasteiger partial charge in [0.1, 0.15) is 11.6 Å². The van der Waals surface area contributed by atoms with Crippen molar-refractivity contribution in [2.45, 2.75) is 6.92 Å². The van der Waals surface area contributed by atoms with Crippen molar-refractivity contribution in [3.8, 4) is 17.0 Å². The highest BCUT2D eigenvalue weighted by atomic mass is 35.5. The van der Waals surface area contributed by atoms with Gasteiger partial charge in [0.15, 0.2) is 5.69 Å². The van der Waals surface area contributed by atoms with Gasteiger partial charge in [0.2, 0.25) is 0 Å². The topological polar surface area (TPSA) is 53.3 Å². The number of aromatic nitrogens is 2. The fourth-order valence-electron chi connectivity index (χ4n) is 2.16. The van der Waals surface area contributed by atoms with Crippen molar-refractivity contribution in [1.29, 1.82) is 0 Å². The van der Waals surface area contributed by atoms with E-state index in [2.05, 4.69) is 9.84 Å². The third kappa shape index (κ3) is 2.58. The number of hydrogen-bond acceptors (Lipinski definition) is 4. The number of benzene rings is 1. The first-order valence-corrected chi connectivity index (χ1v) is 6.43. The van der Waals surface area contributed by atoms with E-state index in [1.807, 2.05) is 0 Å². The number of carbonyl (C=O) groups is 1. The number of esters is 1. The van der Waals surface area contributed by atoms with E-state index >= 15 is 0 Å². The van der Waals surface area contributed by atoms with Crippen molar-refractivity contribution < 1.29 is 18.7 Å². The normalized spacial score (nSPS) is 10.6. The zero-order valence-electron chi connectivity index (χ0n) is 12.0. The molecule has 0 radical (unpaired) electrons. The van der Waals surface area contributed by atoms with Gasteiger partial charge in [0.25, 0.3) is 0 Å². The molecule has 7 heteroatoms. The molecule has 0 saturated carbocycles. The third-order valence-electron chi connectivity index (χ3n) is 3.16. The van der Waals surface area contributed by atoms with Crippen molar-refractivity contribution in [3.05, 3.63) is 34.2 Å². The van der Waals surface area contributed by atoms with E-state index in [1.54, 1.807) is 14.0 Å². The summed E-state index contributed by atoms with van der Waals surface area (Å²) >= 11 is 5.89. The largest absolute Gasteiger partial charge is 0.495 e. The molecular weight excluding hydrogens is 299 g/mol. The van der Waals surface area contributed by atoms with Gasteiger partial charge >= 0.3 is 5.97 Å². The van der Waals surface area contributed by atoms with Crippen LogP contribution in [0, 0.1) is 12.7 Å². The lowest BCUT2D eigenvalue weighted by molar-refractivity contribution is 0.0592. The summed E-state index contributed by atoms with van der Waals surface area (Å²) in [6.07, 6.45) is 0. The molecular formula is C14H14ClFN2O3. The maximum Gasteiger partial charge on any atom is 0.358 e. The Bertz CT molecular complexity index is 713. The molecule has 0 aliphatic heterocycles. The van der Waals surface area contributed by atoms with Crippen LogP contribution < -0.4 is 4.74 Å². The van der Waals surface area contributed by atoms with Gasteiger partial charge in [-0.2, -0.15) is 5.10 Å². The quantitative estimate of drug-likeness (QED) is 0.818. The molecule has 0 fully saturated rings. The molecule has 21 heavy (non-hydrogen) atoms. The Labute approximate surface area is 126 Å². The van der Waals surface area contributed by atoms with Gasteiger partial charge in [-0.1, -0.05) is 11.6 Å². The monoisotopic (exact) mass is 312 g/mol. The molecule has 2 aromatic rings. The van der Waals surface area contributed by atoms with E-state index in [-0.39, 0.29) is 16.3 Å². The molecule has 0 amide bonds. The lowest BCUT2D eigenvalue weighted by Gasteiger charge is -2.09. The van der Waals surface area contributed by atoms with Crippen LogP contribution in [0.1, 0.15) is 16.1 Å². The van der Waals surface area contributed by atoms with Crippen molar-refractivity contribution in [2.75, 3.05) is 14.2 Å². The maximum atomic E-state index is 14.2. The predicted molar refractivity (Wildman–Crippen MR) is 76.2 cm³/mol. The van der Waals surface area contributed by atoms with E-state index in [1.165, 1.54) is 31.0 Å². The van der Waals surface area contributed by atoms with E-state index in [0.717, 1.165) is 0 Å². The highest BCUT2D eigenvalue weighted by molar-refractivity contribution is 6.32. The van der Waals surface area contributed by atoms with Crippen LogP contribution in [0.2, 0.25) is 5.02 Å². The Morgan fingerprint density at radius 1 is 1.38 bits per heavy atom. The average Bonchev–Trinajstić information content (AvgIpc) is 2.74. The summed E-state index contributed by atoms with van der Waals surface area (Å²) in [6.45, 7) is 1.68. The predicted octanol–water partition coefficient (Wildman–Crippen LogP) is 2.98. The van der Waals surface area contributed by atoms with E-state index < -0.39 is 11.8 Å². The van der Waals surface area contributed by atoms with E-state index in [0.29, 0.717) is 17.0 Å². The maximum absolute atomic E-state index is 14.2. The second kappa shape index (κ2) is 5.73. The average molecular weight is 313 g/mol. The second-order valence-electron chi connectivity index (χ2n) is 4.40. The highest BCUT2D eigenvalue weighted by Crippen LogP contribution is 2.35. The van der Waals surface area contributed by atoms with Crippen LogP contribution in [0.5, 0.6) is 5.75 Å². The smallest absolute Gasteiger partial charge is 0.358 e. The number of carbonyl (C=O) groups excluding carboxylic acids is 1. The Balaban J connectivity index is 2.68. The Morgan fingerprint density at radius 2 is 2.05 bits per heavy atom. The summed E-state index contributed by atoms with van der Waals surface area (Å²) in [5, 5.41) is 4.25. The van der Waals surface area contributed by atoms with Crippen LogP contribution in [-0.2, 0) is 11.8 Å². The molecule has 0 saturated heterocycles. The standard InChI is InChI=1S/C14H14ClFN2O3/c1-7-12(14(19)21-4)17-18(2)13(7)8-5-11(20-3)9(15)6-10(8)16/h5-6H,1-4H3. The Kier molecular flexibility index (Phi) is 4.18. The Morgan fingerprint density at radius 3 is 2.62 bits per heavy atom. The summed E-state index contributed by atoms with van der Waals surface area (Å²) in [6, 6.07) is 2.64. The van der Waals surface area contributed by atoms with Gasteiger partial charge < -0.3 is 9.47 Å². The molecule has 0 N–H and O–H groups in total. The van der Waals surface area contributed by atoms with Crippen LogP contribution in [0.25, 0.3) is 11.3 Å². The molecule has 112 valence electrons. The minimum Gasteiger partial charge on any atom is -0.495 e. The second-order valence-corrected chi connectivity index (χ2v) is 4.81. The number of nitrogens with zero attached hydrogens (tertiary/aromatic N) is 2. The highest BCUT2D eigenvalue weighted by Gasteiger charge is 2.23. The van der Waals surface area contributed by atoms with Crippen LogP contribution in [0.4, 0.5) is 4.39 Å². The third-order valence-corrected chi connectivity index (χ3v) is 3.45. The van der Waals surface area contributed by atoms with Crippen molar-refractivity contribution in [2.24, 2.45) is 7.05 Å².